The number of pyridine rings is 1. The van der Waals surface area contributed by atoms with Crippen molar-refractivity contribution in [3.8, 4) is 0 Å². The molecule has 0 aliphatic carbocycles. The summed E-state index contributed by atoms with van der Waals surface area (Å²) < 4.78 is 22.5. The Kier molecular flexibility index (Phi) is 2.99. The zero-order valence-electron chi connectivity index (χ0n) is 7.91. The van der Waals surface area contributed by atoms with E-state index in [4.69, 9.17) is 0 Å². The number of thioether (sulfide) groups is 1. The van der Waals surface area contributed by atoms with Crippen molar-refractivity contribution in [3.63, 3.8) is 0 Å². The Hall–Kier alpha value is -0.590. The van der Waals surface area contributed by atoms with Gasteiger partial charge < -0.3 is 5.11 Å². The molecule has 1 aliphatic heterocycles. The maximum atomic E-state index is 11.2. The Balaban J connectivity index is 2.08. The highest BCUT2D eigenvalue weighted by Gasteiger charge is 2.37. The Morgan fingerprint density at radius 3 is 2.73 bits per heavy atom. The van der Waals surface area contributed by atoms with Crippen molar-refractivity contribution in [2.24, 2.45) is 0 Å². The molecule has 1 aromatic rings. The van der Waals surface area contributed by atoms with E-state index in [1.807, 2.05) is 12.1 Å². The number of aliphatic hydroxyl groups excluding tert-OH is 1. The summed E-state index contributed by atoms with van der Waals surface area (Å²) in [7, 11) is -3.06. The van der Waals surface area contributed by atoms with Crippen molar-refractivity contribution in [1.82, 2.24) is 4.98 Å². The molecule has 2 heterocycles. The molecule has 0 bridgehead atoms. The first-order chi connectivity index (χ1) is 7.07. The topological polar surface area (TPSA) is 67.3 Å². The summed E-state index contributed by atoms with van der Waals surface area (Å²) in [5.41, 5.74) is 0. The monoisotopic (exact) mass is 245 g/mol. The first kappa shape index (κ1) is 10.9. The van der Waals surface area contributed by atoms with Crippen LogP contribution in [0.1, 0.15) is 0 Å². The largest absolute Gasteiger partial charge is 0.391 e. The van der Waals surface area contributed by atoms with Crippen LogP contribution in [0.4, 0.5) is 0 Å². The molecule has 1 saturated heterocycles. The highest BCUT2D eigenvalue weighted by molar-refractivity contribution is 8.01. The van der Waals surface area contributed by atoms with Gasteiger partial charge in [-0.05, 0) is 12.1 Å². The van der Waals surface area contributed by atoms with Gasteiger partial charge in [-0.1, -0.05) is 17.8 Å². The van der Waals surface area contributed by atoms with Crippen molar-refractivity contribution >= 4 is 21.6 Å². The molecule has 82 valence electrons. The van der Waals surface area contributed by atoms with Crippen molar-refractivity contribution < 1.29 is 13.5 Å². The maximum absolute atomic E-state index is 11.2. The molecular weight excluding hydrogens is 234 g/mol. The summed E-state index contributed by atoms with van der Waals surface area (Å²) in [6, 6.07) is 5.44. The zero-order chi connectivity index (χ0) is 10.9. The van der Waals surface area contributed by atoms with E-state index in [-0.39, 0.29) is 16.8 Å². The van der Waals surface area contributed by atoms with Crippen LogP contribution in [0.2, 0.25) is 0 Å². The van der Waals surface area contributed by atoms with Crippen LogP contribution in [0.5, 0.6) is 0 Å². The van der Waals surface area contributed by atoms with Crippen LogP contribution in [0.3, 0.4) is 0 Å². The third-order valence-electron chi connectivity index (χ3n) is 2.18. The highest BCUT2D eigenvalue weighted by Crippen LogP contribution is 2.29. The second-order valence-electron chi connectivity index (χ2n) is 3.47. The van der Waals surface area contributed by atoms with Gasteiger partial charge in [0, 0.05) is 6.20 Å². The average Bonchev–Trinajstić information content (AvgIpc) is 2.41. The third kappa shape index (κ3) is 2.70. The van der Waals surface area contributed by atoms with Crippen molar-refractivity contribution in [2.75, 3.05) is 11.5 Å². The van der Waals surface area contributed by atoms with Gasteiger partial charge in [0.25, 0.3) is 0 Å². The van der Waals surface area contributed by atoms with Gasteiger partial charge in [-0.25, -0.2) is 13.4 Å². The van der Waals surface area contributed by atoms with Crippen LogP contribution in [0.15, 0.2) is 29.4 Å². The lowest BCUT2D eigenvalue weighted by atomic mass is 10.3. The standard InChI is InChI=1S/C9H11NO3S2/c11-7-5-15(12,13)6-8(7)14-9-3-1-2-4-10-9/h1-4,7-8,11H,5-6H2. The first-order valence-electron chi connectivity index (χ1n) is 4.53. The fraction of sp³-hybridized carbons (Fsp3) is 0.444. The van der Waals surface area contributed by atoms with Crippen LogP contribution >= 0.6 is 11.8 Å². The van der Waals surface area contributed by atoms with Gasteiger partial charge in [0.2, 0.25) is 0 Å². The van der Waals surface area contributed by atoms with Crippen molar-refractivity contribution in [3.05, 3.63) is 24.4 Å². The van der Waals surface area contributed by atoms with Crippen molar-refractivity contribution in [2.45, 2.75) is 16.4 Å². The Bertz CT molecular complexity index is 432. The summed E-state index contributed by atoms with van der Waals surface area (Å²) in [6.07, 6.45) is 0.875. The van der Waals surface area contributed by atoms with E-state index in [0.29, 0.717) is 0 Å². The highest BCUT2D eigenvalue weighted by atomic mass is 32.2. The predicted octanol–water partition coefficient (Wildman–Crippen LogP) is 0.332. The van der Waals surface area contributed by atoms with Gasteiger partial charge in [-0.2, -0.15) is 0 Å². The lowest BCUT2D eigenvalue weighted by molar-refractivity contribution is 0.207. The quantitative estimate of drug-likeness (QED) is 0.813. The third-order valence-corrected chi connectivity index (χ3v) is 5.38. The number of hydrogen-bond acceptors (Lipinski definition) is 5. The summed E-state index contributed by atoms with van der Waals surface area (Å²) in [4.78, 5) is 4.08. The molecule has 1 aromatic heterocycles. The average molecular weight is 245 g/mol. The van der Waals surface area contributed by atoms with E-state index >= 15 is 0 Å². The number of aliphatic hydroxyl groups is 1. The molecular formula is C9H11NO3S2. The minimum atomic E-state index is -3.06. The summed E-state index contributed by atoms with van der Waals surface area (Å²) in [6.45, 7) is 0. The molecule has 0 saturated carbocycles. The molecule has 2 unspecified atom stereocenters. The summed E-state index contributed by atoms with van der Waals surface area (Å²) in [5.74, 6) is -0.0904. The Morgan fingerprint density at radius 2 is 2.20 bits per heavy atom. The van der Waals surface area contributed by atoms with Crippen LogP contribution in [-0.2, 0) is 9.84 Å². The van der Waals surface area contributed by atoms with E-state index in [0.717, 1.165) is 5.03 Å². The molecule has 1 aliphatic rings. The van der Waals surface area contributed by atoms with Gasteiger partial charge in [-0.3, -0.25) is 0 Å². The number of sulfone groups is 1. The molecule has 6 heteroatoms. The second kappa shape index (κ2) is 4.11. The zero-order valence-corrected chi connectivity index (χ0v) is 9.54. The lowest BCUT2D eigenvalue weighted by Crippen LogP contribution is -2.19. The van der Waals surface area contributed by atoms with Gasteiger partial charge in [0.05, 0.1) is 27.9 Å². The van der Waals surface area contributed by atoms with Crippen molar-refractivity contribution in [1.29, 1.82) is 0 Å². The van der Waals surface area contributed by atoms with Gasteiger partial charge in [0.1, 0.15) is 0 Å². The molecule has 0 radical (unpaired) electrons. The van der Waals surface area contributed by atoms with Gasteiger partial charge in [0.15, 0.2) is 9.84 Å². The molecule has 15 heavy (non-hydrogen) atoms. The van der Waals surface area contributed by atoms with Gasteiger partial charge in [-0.15, -0.1) is 0 Å². The van der Waals surface area contributed by atoms with E-state index in [1.165, 1.54) is 11.8 Å². The first-order valence-corrected chi connectivity index (χ1v) is 7.23. The van der Waals surface area contributed by atoms with Crippen LogP contribution < -0.4 is 0 Å². The fourth-order valence-electron chi connectivity index (χ4n) is 1.48. The van der Waals surface area contributed by atoms with E-state index in [9.17, 15) is 13.5 Å². The maximum Gasteiger partial charge on any atom is 0.154 e. The molecule has 2 atom stereocenters. The minimum Gasteiger partial charge on any atom is -0.391 e. The van der Waals surface area contributed by atoms with Crippen LogP contribution in [-0.4, -0.2) is 41.4 Å². The molecule has 0 spiro atoms. The Morgan fingerprint density at radius 1 is 1.40 bits per heavy atom. The SMILES string of the molecule is O=S1(=O)CC(O)C(Sc2ccccn2)C1. The normalized spacial score (nSPS) is 29.1. The van der Waals surface area contributed by atoms with E-state index in [2.05, 4.69) is 4.98 Å². The number of rotatable bonds is 2. The fourth-order valence-corrected chi connectivity index (χ4v) is 4.95. The molecule has 1 fully saturated rings. The molecule has 0 amide bonds. The van der Waals surface area contributed by atoms with E-state index < -0.39 is 15.9 Å². The summed E-state index contributed by atoms with van der Waals surface area (Å²) in [5, 5.41) is 10.0. The molecule has 1 N–H and O–H groups in total. The second-order valence-corrected chi connectivity index (χ2v) is 6.88. The lowest BCUT2D eigenvalue weighted by Gasteiger charge is -2.10. The summed E-state index contributed by atoms with van der Waals surface area (Å²) >= 11 is 1.32. The Labute approximate surface area is 92.6 Å². The predicted molar refractivity (Wildman–Crippen MR) is 58.5 cm³/mol. The smallest absolute Gasteiger partial charge is 0.154 e. The van der Waals surface area contributed by atoms with E-state index in [1.54, 1.807) is 12.3 Å². The number of aromatic nitrogens is 1. The van der Waals surface area contributed by atoms with Crippen LogP contribution in [0, 0.1) is 0 Å². The molecule has 0 aromatic carbocycles. The number of hydrogen-bond donors (Lipinski definition) is 1. The molecule has 4 nitrogen and oxygen atoms in total. The van der Waals surface area contributed by atoms with Gasteiger partial charge >= 0.3 is 0 Å². The minimum absolute atomic E-state index is 0.0371. The molecule has 2 rings (SSSR count). The van der Waals surface area contributed by atoms with Crippen LogP contribution in [0.25, 0.3) is 0 Å². The number of nitrogens with zero attached hydrogens (tertiary/aromatic N) is 1.